The summed E-state index contributed by atoms with van der Waals surface area (Å²) in [5, 5.41) is 1.22. The first-order valence-corrected chi connectivity index (χ1v) is 5.02. The molecule has 0 unspecified atom stereocenters. The maximum Gasteiger partial charge on any atom is 0.140 e. The van der Waals surface area contributed by atoms with Crippen molar-refractivity contribution in [2.24, 2.45) is 5.73 Å². The third kappa shape index (κ3) is 1.06. The minimum atomic E-state index is 0.390. The molecule has 0 aromatic carbocycles. The van der Waals surface area contributed by atoms with Gasteiger partial charge >= 0.3 is 0 Å². The molecule has 3 heteroatoms. The molecular formula is C11H13N3. The Bertz CT molecular complexity index is 454. The molecule has 1 aliphatic rings. The fourth-order valence-electron chi connectivity index (χ4n) is 2.14. The van der Waals surface area contributed by atoms with E-state index in [1.54, 1.807) is 0 Å². The molecule has 72 valence electrons. The largest absolute Gasteiger partial charge is 0.329 e. The van der Waals surface area contributed by atoms with Crippen molar-refractivity contribution < 1.29 is 0 Å². The lowest BCUT2D eigenvalue weighted by Gasteiger charge is -2.33. The number of aromatic nitrogens is 2. The van der Waals surface area contributed by atoms with Crippen LogP contribution >= 0.6 is 0 Å². The highest BCUT2D eigenvalue weighted by Crippen LogP contribution is 2.33. The molecule has 2 aromatic heterocycles. The molecule has 0 atom stereocenters. The lowest BCUT2D eigenvalue weighted by atomic mass is 9.87. The highest BCUT2D eigenvalue weighted by Gasteiger charge is 2.27. The van der Waals surface area contributed by atoms with Crippen LogP contribution in [0, 0.1) is 0 Å². The predicted octanol–water partition coefficient (Wildman–Crippen LogP) is 1.70. The van der Waals surface area contributed by atoms with Crippen LogP contribution in [0.25, 0.3) is 11.0 Å². The van der Waals surface area contributed by atoms with Crippen molar-refractivity contribution in [3.05, 3.63) is 30.6 Å². The van der Waals surface area contributed by atoms with Crippen molar-refractivity contribution in [3.8, 4) is 0 Å². The van der Waals surface area contributed by atoms with Crippen molar-refractivity contribution in [2.45, 2.75) is 24.9 Å². The van der Waals surface area contributed by atoms with Crippen LogP contribution in [-0.2, 0) is 0 Å². The summed E-state index contributed by atoms with van der Waals surface area (Å²) in [4.78, 5) is 4.39. The quantitative estimate of drug-likeness (QED) is 0.738. The van der Waals surface area contributed by atoms with E-state index in [2.05, 4.69) is 27.9 Å². The standard InChI is InChI=1S/C11H13N3/c12-9-6-10(7-9)14-5-3-8-2-1-4-13-11(8)14/h1-5,9-10H,6-7,12H2. The first-order chi connectivity index (χ1) is 6.84. The molecule has 0 saturated heterocycles. The molecule has 14 heavy (non-hydrogen) atoms. The zero-order valence-electron chi connectivity index (χ0n) is 7.93. The van der Waals surface area contributed by atoms with Crippen LogP contribution in [0.3, 0.4) is 0 Å². The van der Waals surface area contributed by atoms with Gasteiger partial charge in [-0.15, -0.1) is 0 Å². The molecule has 0 spiro atoms. The molecule has 2 aromatic rings. The highest BCUT2D eigenvalue weighted by atomic mass is 15.1. The Balaban J connectivity index is 2.05. The number of fused-ring (bicyclic) bond motifs is 1. The molecule has 1 saturated carbocycles. The molecule has 0 aliphatic heterocycles. The first-order valence-electron chi connectivity index (χ1n) is 5.02. The molecule has 3 nitrogen and oxygen atoms in total. The SMILES string of the molecule is NC1CC(n2ccc3cccnc32)C1. The molecule has 2 N–H and O–H groups in total. The summed E-state index contributed by atoms with van der Waals surface area (Å²) >= 11 is 0. The summed E-state index contributed by atoms with van der Waals surface area (Å²) in [5.41, 5.74) is 6.87. The topological polar surface area (TPSA) is 43.8 Å². The Kier molecular flexibility index (Phi) is 1.61. The summed E-state index contributed by atoms with van der Waals surface area (Å²) in [5.74, 6) is 0. The van der Waals surface area contributed by atoms with Gasteiger partial charge in [0.1, 0.15) is 5.65 Å². The summed E-state index contributed by atoms with van der Waals surface area (Å²) in [6, 6.07) is 7.14. The van der Waals surface area contributed by atoms with E-state index in [-0.39, 0.29) is 0 Å². The number of nitrogens with zero attached hydrogens (tertiary/aromatic N) is 2. The van der Waals surface area contributed by atoms with E-state index in [1.807, 2.05) is 12.3 Å². The lowest BCUT2D eigenvalue weighted by Crippen LogP contribution is -2.37. The minimum absolute atomic E-state index is 0.390. The zero-order chi connectivity index (χ0) is 9.54. The number of rotatable bonds is 1. The number of hydrogen-bond acceptors (Lipinski definition) is 2. The van der Waals surface area contributed by atoms with Gasteiger partial charge in [-0.25, -0.2) is 4.98 Å². The van der Waals surface area contributed by atoms with Crippen LogP contribution in [0.1, 0.15) is 18.9 Å². The van der Waals surface area contributed by atoms with Crippen LogP contribution in [0.2, 0.25) is 0 Å². The first kappa shape index (κ1) is 8.00. The Morgan fingerprint density at radius 3 is 3.00 bits per heavy atom. The van der Waals surface area contributed by atoms with Gasteiger partial charge in [0, 0.05) is 29.9 Å². The van der Waals surface area contributed by atoms with Crippen molar-refractivity contribution >= 4 is 11.0 Å². The molecule has 1 aliphatic carbocycles. The van der Waals surface area contributed by atoms with E-state index in [1.165, 1.54) is 5.39 Å². The summed E-state index contributed by atoms with van der Waals surface area (Å²) in [7, 11) is 0. The lowest BCUT2D eigenvalue weighted by molar-refractivity contribution is 0.272. The average Bonchev–Trinajstić information content (AvgIpc) is 2.56. The molecule has 0 amide bonds. The Labute approximate surface area is 82.5 Å². The van der Waals surface area contributed by atoms with E-state index in [9.17, 15) is 0 Å². The third-order valence-corrected chi connectivity index (χ3v) is 3.02. The second kappa shape index (κ2) is 2.82. The fraction of sp³-hybridized carbons (Fsp3) is 0.364. The van der Waals surface area contributed by atoms with Crippen LogP contribution in [-0.4, -0.2) is 15.6 Å². The van der Waals surface area contributed by atoms with Crippen LogP contribution in [0.4, 0.5) is 0 Å². The Morgan fingerprint density at radius 2 is 2.21 bits per heavy atom. The molecular weight excluding hydrogens is 174 g/mol. The van der Waals surface area contributed by atoms with Gasteiger partial charge < -0.3 is 10.3 Å². The van der Waals surface area contributed by atoms with Crippen LogP contribution in [0.15, 0.2) is 30.6 Å². The van der Waals surface area contributed by atoms with E-state index in [0.29, 0.717) is 12.1 Å². The second-order valence-corrected chi connectivity index (χ2v) is 4.02. The maximum absolute atomic E-state index is 5.79. The van der Waals surface area contributed by atoms with E-state index in [4.69, 9.17) is 5.73 Å². The smallest absolute Gasteiger partial charge is 0.140 e. The summed E-state index contributed by atoms with van der Waals surface area (Å²) < 4.78 is 2.25. The predicted molar refractivity (Wildman–Crippen MR) is 56.0 cm³/mol. The number of nitrogens with two attached hydrogens (primary N) is 1. The van der Waals surface area contributed by atoms with Crippen molar-refractivity contribution in [3.63, 3.8) is 0 Å². The van der Waals surface area contributed by atoms with Gasteiger partial charge in [-0.3, -0.25) is 0 Å². The van der Waals surface area contributed by atoms with Gasteiger partial charge in [0.15, 0.2) is 0 Å². The van der Waals surface area contributed by atoms with Gasteiger partial charge in [0.2, 0.25) is 0 Å². The summed E-state index contributed by atoms with van der Waals surface area (Å²) in [6.07, 6.45) is 6.13. The van der Waals surface area contributed by atoms with Gasteiger partial charge in [-0.2, -0.15) is 0 Å². The minimum Gasteiger partial charge on any atom is -0.329 e. The van der Waals surface area contributed by atoms with Gasteiger partial charge in [0.05, 0.1) is 0 Å². The normalized spacial score (nSPS) is 26.4. The summed E-state index contributed by atoms with van der Waals surface area (Å²) in [6.45, 7) is 0. The molecule has 3 rings (SSSR count). The molecule has 2 heterocycles. The van der Waals surface area contributed by atoms with Gasteiger partial charge in [0.25, 0.3) is 0 Å². The maximum atomic E-state index is 5.79. The monoisotopic (exact) mass is 187 g/mol. The Hall–Kier alpha value is -1.35. The van der Waals surface area contributed by atoms with Crippen LogP contribution in [0.5, 0.6) is 0 Å². The average molecular weight is 187 g/mol. The number of hydrogen-bond donors (Lipinski definition) is 1. The van der Waals surface area contributed by atoms with Crippen LogP contribution < -0.4 is 5.73 Å². The van der Waals surface area contributed by atoms with Crippen molar-refractivity contribution in [2.75, 3.05) is 0 Å². The zero-order valence-corrected chi connectivity index (χ0v) is 7.93. The van der Waals surface area contributed by atoms with Gasteiger partial charge in [-0.05, 0) is 31.0 Å². The fourth-order valence-corrected chi connectivity index (χ4v) is 2.14. The van der Waals surface area contributed by atoms with Crippen molar-refractivity contribution in [1.29, 1.82) is 0 Å². The second-order valence-electron chi connectivity index (χ2n) is 4.02. The number of pyridine rings is 1. The van der Waals surface area contributed by atoms with Crippen molar-refractivity contribution in [1.82, 2.24) is 9.55 Å². The van der Waals surface area contributed by atoms with Gasteiger partial charge in [-0.1, -0.05) is 0 Å². The molecule has 0 radical (unpaired) electrons. The highest BCUT2D eigenvalue weighted by molar-refractivity contribution is 5.75. The van der Waals surface area contributed by atoms with E-state index in [0.717, 1.165) is 18.5 Å². The molecule has 1 fully saturated rings. The molecule has 0 bridgehead atoms. The van der Waals surface area contributed by atoms with E-state index >= 15 is 0 Å². The third-order valence-electron chi connectivity index (χ3n) is 3.02. The van der Waals surface area contributed by atoms with E-state index < -0.39 is 0 Å². The Morgan fingerprint density at radius 1 is 1.36 bits per heavy atom.